The van der Waals surface area contributed by atoms with Crippen LogP contribution >= 0.6 is 0 Å². The average molecular weight is 519 g/mol. The van der Waals surface area contributed by atoms with E-state index in [0.717, 1.165) is 63.1 Å². The number of rotatable bonds is 10. The molecule has 0 radical (unpaired) electrons. The van der Waals surface area contributed by atoms with Crippen LogP contribution in [0.4, 0.5) is 0 Å². The standard InChI is InChI=1S/C31H38N2O5/c34-24-11-10-22-17-25-31(37-16-4-7-20-5-2-1-3-6-20)13-12-23(32-18-26(35)36)29-30(31,27(22)28(24)38-29)14-15-33(25)19-21-8-9-21/h1-3,5-6,10-11,21,23,25,29,32,34H,4,7-9,12-19H2,(H,35,36)/t23-,25-,29+,30+,31-/m1/s1. The molecule has 7 nitrogen and oxygen atoms in total. The molecular weight excluding hydrogens is 480 g/mol. The molecule has 38 heavy (non-hydrogen) atoms. The maximum Gasteiger partial charge on any atom is 0.317 e. The Morgan fingerprint density at radius 2 is 1.97 bits per heavy atom. The summed E-state index contributed by atoms with van der Waals surface area (Å²) in [5.41, 5.74) is 2.89. The number of hydrogen-bond acceptors (Lipinski definition) is 6. The Morgan fingerprint density at radius 3 is 2.76 bits per heavy atom. The van der Waals surface area contributed by atoms with Gasteiger partial charge in [-0.2, -0.15) is 0 Å². The highest BCUT2D eigenvalue weighted by Gasteiger charge is 2.74. The molecule has 7 heteroatoms. The van der Waals surface area contributed by atoms with E-state index in [4.69, 9.17) is 9.47 Å². The van der Waals surface area contributed by atoms with Crippen LogP contribution in [0, 0.1) is 5.92 Å². The molecule has 3 fully saturated rings. The second-order valence-corrected chi connectivity index (χ2v) is 12.1. The molecule has 5 aliphatic rings. The molecule has 2 aliphatic heterocycles. The van der Waals surface area contributed by atoms with Crippen LogP contribution in [0.5, 0.6) is 11.5 Å². The van der Waals surface area contributed by atoms with Gasteiger partial charge in [0.15, 0.2) is 11.5 Å². The van der Waals surface area contributed by atoms with Crippen LogP contribution in [0.1, 0.15) is 55.2 Å². The second kappa shape index (κ2) is 9.25. The summed E-state index contributed by atoms with van der Waals surface area (Å²) in [5, 5.41) is 23.6. The number of piperidine rings is 1. The number of phenols is 1. The van der Waals surface area contributed by atoms with E-state index in [1.165, 1.54) is 24.0 Å². The van der Waals surface area contributed by atoms with Gasteiger partial charge in [0.25, 0.3) is 0 Å². The number of benzene rings is 2. The molecule has 2 aromatic rings. The van der Waals surface area contributed by atoms with Gasteiger partial charge in [0.2, 0.25) is 0 Å². The Balaban J connectivity index is 1.27. The molecule has 202 valence electrons. The number of aromatic hydroxyl groups is 1. The minimum Gasteiger partial charge on any atom is -0.504 e. The molecule has 0 amide bonds. The van der Waals surface area contributed by atoms with Gasteiger partial charge in [-0.1, -0.05) is 36.4 Å². The Bertz CT molecular complexity index is 1220. The topological polar surface area (TPSA) is 91.3 Å². The highest BCUT2D eigenvalue weighted by atomic mass is 16.5. The lowest BCUT2D eigenvalue weighted by Gasteiger charge is -2.66. The number of nitrogens with zero attached hydrogens (tertiary/aromatic N) is 1. The molecule has 7 rings (SSSR count). The third-order valence-corrected chi connectivity index (χ3v) is 10.1. The van der Waals surface area contributed by atoms with Crippen LogP contribution in [-0.4, -0.2) is 71.1 Å². The van der Waals surface area contributed by atoms with Gasteiger partial charge in [0.05, 0.1) is 17.6 Å². The minimum absolute atomic E-state index is 0.0992. The Hall–Kier alpha value is -2.61. The Labute approximate surface area is 224 Å². The van der Waals surface area contributed by atoms with E-state index in [-0.39, 0.29) is 30.5 Å². The van der Waals surface area contributed by atoms with E-state index in [1.807, 2.05) is 0 Å². The summed E-state index contributed by atoms with van der Waals surface area (Å²) in [6, 6.07) is 14.6. The normalized spacial score (nSPS) is 33.0. The smallest absolute Gasteiger partial charge is 0.317 e. The lowest BCUT2D eigenvalue weighted by Crippen LogP contribution is -2.79. The summed E-state index contributed by atoms with van der Waals surface area (Å²) in [5.74, 6) is 0.709. The summed E-state index contributed by atoms with van der Waals surface area (Å²) in [6.07, 6.45) is 7.74. The van der Waals surface area contributed by atoms with E-state index in [2.05, 4.69) is 46.6 Å². The van der Waals surface area contributed by atoms with Crippen molar-refractivity contribution in [2.45, 2.75) is 80.6 Å². The van der Waals surface area contributed by atoms with Crippen molar-refractivity contribution in [1.29, 1.82) is 0 Å². The predicted molar refractivity (Wildman–Crippen MR) is 143 cm³/mol. The average Bonchev–Trinajstić information content (AvgIpc) is 3.66. The van der Waals surface area contributed by atoms with Crippen LogP contribution < -0.4 is 10.1 Å². The third-order valence-electron chi connectivity index (χ3n) is 10.1. The number of aliphatic carboxylic acids is 1. The van der Waals surface area contributed by atoms with E-state index in [9.17, 15) is 15.0 Å². The van der Waals surface area contributed by atoms with E-state index in [1.54, 1.807) is 6.07 Å². The van der Waals surface area contributed by atoms with Crippen molar-refractivity contribution in [3.05, 3.63) is 59.2 Å². The number of carboxylic acids is 1. The molecule has 0 unspecified atom stereocenters. The van der Waals surface area contributed by atoms with E-state index >= 15 is 0 Å². The molecule has 3 N–H and O–H groups in total. The fourth-order valence-corrected chi connectivity index (χ4v) is 8.35. The van der Waals surface area contributed by atoms with Gasteiger partial charge in [-0.15, -0.1) is 0 Å². The monoisotopic (exact) mass is 518 g/mol. The maximum atomic E-state index is 11.5. The molecule has 2 saturated carbocycles. The van der Waals surface area contributed by atoms with Crippen LogP contribution in [0.2, 0.25) is 0 Å². The van der Waals surface area contributed by atoms with Gasteiger partial charge < -0.3 is 25.0 Å². The number of aryl methyl sites for hydroxylation is 1. The number of hydrogen-bond donors (Lipinski definition) is 3. The van der Waals surface area contributed by atoms with Crippen LogP contribution in [0.3, 0.4) is 0 Å². The minimum atomic E-state index is -0.865. The summed E-state index contributed by atoms with van der Waals surface area (Å²) in [7, 11) is 0. The van der Waals surface area contributed by atoms with Gasteiger partial charge >= 0.3 is 5.97 Å². The number of nitrogens with one attached hydrogen (secondary N) is 1. The maximum absolute atomic E-state index is 11.5. The van der Waals surface area contributed by atoms with E-state index in [0.29, 0.717) is 12.4 Å². The first-order valence-electron chi connectivity index (χ1n) is 14.4. The molecule has 5 atom stereocenters. The fourth-order valence-electron chi connectivity index (χ4n) is 8.35. The number of ether oxygens (including phenoxy) is 2. The molecule has 1 spiro atoms. The van der Waals surface area contributed by atoms with Crippen molar-refractivity contribution < 1.29 is 24.5 Å². The van der Waals surface area contributed by atoms with Crippen molar-refractivity contribution in [2.75, 3.05) is 26.2 Å². The summed E-state index contributed by atoms with van der Waals surface area (Å²) < 4.78 is 13.9. The lowest BCUT2D eigenvalue weighted by atomic mass is 9.48. The highest BCUT2D eigenvalue weighted by molar-refractivity contribution is 5.69. The Kier molecular flexibility index (Phi) is 5.95. The van der Waals surface area contributed by atoms with Gasteiger partial charge in [-0.25, -0.2) is 0 Å². The van der Waals surface area contributed by atoms with Crippen LogP contribution in [0.15, 0.2) is 42.5 Å². The van der Waals surface area contributed by atoms with Crippen LogP contribution in [-0.2, 0) is 27.8 Å². The van der Waals surface area contributed by atoms with Gasteiger partial charge in [0, 0.05) is 30.8 Å². The molecule has 3 aliphatic carbocycles. The first-order valence-corrected chi connectivity index (χ1v) is 14.4. The molecule has 1 saturated heterocycles. The van der Waals surface area contributed by atoms with Crippen molar-refractivity contribution in [2.24, 2.45) is 5.92 Å². The summed E-state index contributed by atoms with van der Waals surface area (Å²) in [6.45, 7) is 2.69. The van der Waals surface area contributed by atoms with Crippen molar-refractivity contribution >= 4 is 5.97 Å². The van der Waals surface area contributed by atoms with Gasteiger partial charge in [-0.05, 0) is 81.0 Å². The molecule has 2 aromatic carbocycles. The summed E-state index contributed by atoms with van der Waals surface area (Å²) in [4.78, 5) is 14.2. The van der Waals surface area contributed by atoms with Gasteiger partial charge in [-0.3, -0.25) is 9.69 Å². The predicted octanol–water partition coefficient (Wildman–Crippen LogP) is 3.66. The molecule has 2 bridgehead atoms. The van der Waals surface area contributed by atoms with Crippen molar-refractivity contribution in [1.82, 2.24) is 10.2 Å². The fraction of sp³-hybridized carbons (Fsp3) is 0.581. The van der Waals surface area contributed by atoms with Crippen LogP contribution in [0.25, 0.3) is 0 Å². The summed E-state index contributed by atoms with van der Waals surface area (Å²) >= 11 is 0. The number of carboxylic acid groups (broad SMARTS) is 1. The SMILES string of the molecule is O=C(O)CN[C@@H]1CC[C@@]2(OCCCc3ccccc3)[C@H]3Cc4ccc(O)c5c4[C@@]2(CCN3CC2CC2)[C@H]1O5. The zero-order valence-corrected chi connectivity index (χ0v) is 21.9. The molecule has 2 heterocycles. The lowest BCUT2D eigenvalue weighted by molar-refractivity contribution is -0.220. The molecule has 0 aromatic heterocycles. The largest absolute Gasteiger partial charge is 0.504 e. The number of phenolic OH excluding ortho intramolecular Hbond substituents is 1. The zero-order chi connectivity index (χ0) is 25.9. The molecular formula is C31H38N2O5. The Morgan fingerprint density at radius 1 is 1.13 bits per heavy atom. The number of likely N-dealkylation sites (tertiary alicyclic amines) is 1. The second-order valence-electron chi connectivity index (χ2n) is 12.1. The van der Waals surface area contributed by atoms with Crippen molar-refractivity contribution in [3.63, 3.8) is 0 Å². The number of carbonyl (C=O) groups is 1. The first-order chi connectivity index (χ1) is 18.5. The zero-order valence-electron chi connectivity index (χ0n) is 21.9. The highest BCUT2D eigenvalue weighted by Crippen LogP contribution is 2.66. The van der Waals surface area contributed by atoms with E-state index < -0.39 is 17.0 Å². The first kappa shape index (κ1) is 24.4. The van der Waals surface area contributed by atoms with Crippen molar-refractivity contribution in [3.8, 4) is 11.5 Å². The third kappa shape index (κ3) is 3.69. The van der Waals surface area contributed by atoms with Gasteiger partial charge in [0.1, 0.15) is 6.10 Å². The quantitative estimate of drug-likeness (QED) is 0.414.